The monoisotopic (exact) mass is 393 g/mol. The molecule has 0 saturated carbocycles. The van der Waals surface area contributed by atoms with Crippen LogP contribution in [0.4, 0.5) is 4.79 Å². The maximum absolute atomic E-state index is 12.6. The largest absolute Gasteiger partial charge is 0.378 e. The zero-order valence-electron chi connectivity index (χ0n) is 16.0. The van der Waals surface area contributed by atoms with Gasteiger partial charge >= 0.3 is 6.03 Å². The van der Waals surface area contributed by atoms with Gasteiger partial charge in [0.25, 0.3) is 5.91 Å². The van der Waals surface area contributed by atoms with Crippen LogP contribution >= 0.6 is 0 Å². The van der Waals surface area contributed by atoms with Crippen LogP contribution in [0.3, 0.4) is 0 Å². The van der Waals surface area contributed by atoms with Crippen molar-refractivity contribution in [2.45, 2.75) is 19.0 Å². The number of urea groups is 1. The van der Waals surface area contributed by atoms with E-state index in [0.717, 1.165) is 11.1 Å². The van der Waals surface area contributed by atoms with Crippen molar-refractivity contribution in [2.75, 3.05) is 26.3 Å². The summed E-state index contributed by atoms with van der Waals surface area (Å²) in [6, 6.07) is 15.8. The summed E-state index contributed by atoms with van der Waals surface area (Å²) < 4.78 is 5.28. The normalized spacial score (nSPS) is 19.8. The first-order valence-corrected chi connectivity index (χ1v) is 9.73. The van der Waals surface area contributed by atoms with Gasteiger partial charge in [0.15, 0.2) is 0 Å². The number of carbonyl (C=O) groups excluding carboxylic acids is 3. The van der Waals surface area contributed by atoms with Crippen LogP contribution in [0.1, 0.15) is 33.9 Å². The third kappa shape index (κ3) is 4.30. The van der Waals surface area contributed by atoms with Crippen molar-refractivity contribution in [3.8, 4) is 0 Å². The van der Waals surface area contributed by atoms with E-state index < -0.39 is 6.03 Å². The van der Waals surface area contributed by atoms with Gasteiger partial charge < -0.3 is 15.0 Å². The summed E-state index contributed by atoms with van der Waals surface area (Å²) in [5, 5.41) is 2.90. The second-order valence-electron chi connectivity index (χ2n) is 7.20. The lowest BCUT2D eigenvalue weighted by atomic mass is 10.0. The molecule has 0 spiro atoms. The summed E-state index contributed by atoms with van der Waals surface area (Å²) in [6.07, 6.45) is 0.226. The van der Waals surface area contributed by atoms with Gasteiger partial charge in [-0.05, 0) is 23.3 Å². The van der Waals surface area contributed by atoms with Crippen molar-refractivity contribution in [3.63, 3.8) is 0 Å². The Labute approximate surface area is 169 Å². The van der Waals surface area contributed by atoms with Gasteiger partial charge in [-0.2, -0.15) is 0 Å². The van der Waals surface area contributed by atoms with Crippen molar-refractivity contribution in [3.05, 3.63) is 71.3 Å². The van der Waals surface area contributed by atoms with Crippen molar-refractivity contribution >= 4 is 17.8 Å². The standard InChI is InChI=1S/C22H23N3O4/c26-20-14-19(17-4-2-1-3-5-17)23-22(28)25(20)15-16-6-8-18(9-7-16)21(27)24-10-12-29-13-11-24/h1-9,19H,10-15H2,(H,23,28). The van der Waals surface area contributed by atoms with Crippen LogP contribution in [-0.4, -0.2) is 53.9 Å². The summed E-state index contributed by atoms with van der Waals surface area (Å²) in [6.45, 7) is 2.47. The van der Waals surface area contributed by atoms with Gasteiger partial charge in [-0.3, -0.25) is 14.5 Å². The topological polar surface area (TPSA) is 79.0 Å². The summed E-state index contributed by atoms with van der Waals surface area (Å²) in [5.41, 5.74) is 2.30. The van der Waals surface area contributed by atoms with E-state index in [1.54, 1.807) is 29.2 Å². The lowest BCUT2D eigenvalue weighted by molar-refractivity contribution is -0.130. The van der Waals surface area contributed by atoms with E-state index in [9.17, 15) is 14.4 Å². The Morgan fingerprint density at radius 2 is 1.69 bits per heavy atom. The molecule has 2 aromatic rings. The number of imide groups is 1. The van der Waals surface area contributed by atoms with E-state index in [-0.39, 0.29) is 30.8 Å². The van der Waals surface area contributed by atoms with E-state index in [4.69, 9.17) is 4.74 Å². The van der Waals surface area contributed by atoms with Crippen molar-refractivity contribution in [1.29, 1.82) is 0 Å². The van der Waals surface area contributed by atoms with Crippen LogP contribution in [-0.2, 0) is 16.1 Å². The molecule has 0 radical (unpaired) electrons. The van der Waals surface area contributed by atoms with Crippen LogP contribution < -0.4 is 5.32 Å². The molecule has 2 aliphatic rings. The minimum Gasteiger partial charge on any atom is -0.378 e. The average Bonchev–Trinajstić information content (AvgIpc) is 2.77. The van der Waals surface area contributed by atoms with Crippen LogP contribution in [0, 0.1) is 0 Å². The second kappa shape index (κ2) is 8.45. The minimum absolute atomic E-state index is 0.0302. The highest BCUT2D eigenvalue weighted by Gasteiger charge is 2.32. The summed E-state index contributed by atoms with van der Waals surface area (Å²) in [7, 11) is 0. The number of amides is 4. The van der Waals surface area contributed by atoms with Gasteiger partial charge in [-0.25, -0.2) is 4.79 Å². The molecule has 1 unspecified atom stereocenters. The molecule has 29 heavy (non-hydrogen) atoms. The van der Waals surface area contributed by atoms with E-state index >= 15 is 0 Å². The molecule has 2 heterocycles. The van der Waals surface area contributed by atoms with Gasteiger partial charge in [0.2, 0.25) is 5.91 Å². The van der Waals surface area contributed by atoms with E-state index in [1.165, 1.54) is 4.90 Å². The van der Waals surface area contributed by atoms with Crippen LogP contribution in [0.2, 0.25) is 0 Å². The lowest BCUT2D eigenvalue weighted by Gasteiger charge is -2.31. The zero-order valence-corrected chi connectivity index (χ0v) is 16.0. The summed E-state index contributed by atoms with van der Waals surface area (Å²) in [4.78, 5) is 40.6. The van der Waals surface area contributed by atoms with Gasteiger partial charge in [-0.15, -0.1) is 0 Å². The molecule has 1 N–H and O–H groups in total. The molecule has 2 fully saturated rings. The Balaban J connectivity index is 1.39. The number of rotatable bonds is 4. The minimum atomic E-state index is -0.399. The molecule has 7 nitrogen and oxygen atoms in total. The number of hydrogen-bond acceptors (Lipinski definition) is 4. The Hall–Kier alpha value is -3.19. The number of carbonyl (C=O) groups is 3. The van der Waals surface area contributed by atoms with Crippen molar-refractivity contribution in [2.24, 2.45) is 0 Å². The fourth-order valence-corrected chi connectivity index (χ4v) is 3.61. The quantitative estimate of drug-likeness (QED) is 0.865. The fourth-order valence-electron chi connectivity index (χ4n) is 3.61. The number of nitrogens with one attached hydrogen (secondary N) is 1. The third-order valence-electron chi connectivity index (χ3n) is 5.26. The molecule has 4 amide bonds. The maximum atomic E-state index is 12.6. The number of nitrogens with zero attached hydrogens (tertiary/aromatic N) is 2. The number of hydrogen-bond donors (Lipinski definition) is 1. The SMILES string of the molecule is O=C(c1ccc(CN2C(=O)CC(c3ccccc3)NC2=O)cc1)N1CCOCC1. The molecule has 0 aromatic heterocycles. The average molecular weight is 393 g/mol. The molecule has 150 valence electrons. The summed E-state index contributed by atoms with van der Waals surface area (Å²) in [5.74, 6) is -0.242. The Morgan fingerprint density at radius 1 is 1.00 bits per heavy atom. The first-order chi connectivity index (χ1) is 14.1. The molecule has 1 atom stereocenters. The smallest absolute Gasteiger partial charge is 0.324 e. The fraction of sp³-hybridized carbons (Fsp3) is 0.318. The second-order valence-corrected chi connectivity index (χ2v) is 7.20. The molecular weight excluding hydrogens is 370 g/mol. The lowest BCUT2D eigenvalue weighted by Crippen LogP contribution is -2.50. The number of morpholine rings is 1. The Morgan fingerprint density at radius 3 is 2.34 bits per heavy atom. The predicted octanol–water partition coefficient (Wildman–Crippen LogP) is 2.34. The van der Waals surface area contributed by atoms with E-state index in [1.807, 2.05) is 30.3 Å². The molecule has 2 saturated heterocycles. The molecule has 0 bridgehead atoms. The van der Waals surface area contributed by atoms with Crippen LogP contribution in [0.25, 0.3) is 0 Å². The van der Waals surface area contributed by atoms with Crippen molar-refractivity contribution < 1.29 is 19.1 Å². The first-order valence-electron chi connectivity index (χ1n) is 9.73. The molecular formula is C22H23N3O4. The van der Waals surface area contributed by atoms with Gasteiger partial charge in [0.05, 0.1) is 32.2 Å². The van der Waals surface area contributed by atoms with Crippen LogP contribution in [0.5, 0.6) is 0 Å². The van der Waals surface area contributed by atoms with Crippen LogP contribution in [0.15, 0.2) is 54.6 Å². The number of benzene rings is 2. The van der Waals surface area contributed by atoms with Gasteiger partial charge in [0.1, 0.15) is 0 Å². The van der Waals surface area contributed by atoms with Gasteiger partial charge in [0, 0.05) is 18.7 Å². The molecule has 0 aliphatic carbocycles. The number of ether oxygens (including phenoxy) is 1. The zero-order chi connectivity index (χ0) is 20.2. The van der Waals surface area contributed by atoms with Gasteiger partial charge in [-0.1, -0.05) is 42.5 Å². The molecule has 7 heteroatoms. The van der Waals surface area contributed by atoms with E-state index in [0.29, 0.717) is 31.9 Å². The first kappa shape index (κ1) is 19.1. The Bertz CT molecular complexity index is 874. The van der Waals surface area contributed by atoms with E-state index in [2.05, 4.69) is 5.32 Å². The maximum Gasteiger partial charge on any atom is 0.324 e. The Kier molecular flexibility index (Phi) is 5.57. The third-order valence-corrected chi connectivity index (χ3v) is 5.26. The molecule has 4 rings (SSSR count). The van der Waals surface area contributed by atoms with Crippen molar-refractivity contribution in [1.82, 2.24) is 15.1 Å². The molecule has 2 aliphatic heterocycles. The highest BCUT2D eigenvalue weighted by molar-refractivity contribution is 5.97. The highest BCUT2D eigenvalue weighted by atomic mass is 16.5. The highest BCUT2D eigenvalue weighted by Crippen LogP contribution is 2.23. The molecule has 2 aromatic carbocycles. The summed E-state index contributed by atoms with van der Waals surface area (Å²) >= 11 is 0. The predicted molar refractivity (Wildman–Crippen MR) is 106 cm³/mol.